The quantitative estimate of drug-likeness (QED) is 0.824. The molecule has 2 rings (SSSR count). The van der Waals surface area contributed by atoms with E-state index >= 15 is 0 Å². The third kappa shape index (κ3) is 4.97. The van der Waals surface area contributed by atoms with E-state index < -0.39 is 6.04 Å². The van der Waals surface area contributed by atoms with Crippen LogP contribution in [0.1, 0.15) is 24.2 Å². The average molecular weight is 361 g/mol. The molecule has 2 amide bonds. The number of carbonyl (C=O) groups is 2. The zero-order valence-corrected chi connectivity index (χ0v) is 15.1. The highest BCUT2D eigenvalue weighted by molar-refractivity contribution is 6.33. The number of amides is 2. The van der Waals surface area contributed by atoms with Gasteiger partial charge in [0.2, 0.25) is 5.91 Å². The van der Waals surface area contributed by atoms with Crippen LogP contribution < -0.4 is 15.4 Å². The molecule has 0 aliphatic carbocycles. The summed E-state index contributed by atoms with van der Waals surface area (Å²) in [5.74, 6) is -0.0649. The van der Waals surface area contributed by atoms with Crippen LogP contribution in [0.2, 0.25) is 5.02 Å². The van der Waals surface area contributed by atoms with Gasteiger partial charge >= 0.3 is 0 Å². The van der Waals surface area contributed by atoms with Gasteiger partial charge in [-0.1, -0.05) is 37.6 Å². The highest BCUT2D eigenvalue weighted by atomic mass is 35.5. The van der Waals surface area contributed by atoms with Gasteiger partial charge in [-0.05, 0) is 42.3 Å². The second-order valence-corrected chi connectivity index (χ2v) is 6.30. The molecule has 0 heterocycles. The molecule has 0 aliphatic heterocycles. The van der Waals surface area contributed by atoms with E-state index in [0.29, 0.717) is 22.0 Å². The van der Waals surface area contributed by atoms with Gasteiger partial charge in [0.25, 0.3) is 5.91 Å². The number of halogens is 1. The Bertz CT molecular complexity index is 745. The minimum Gasteiger partial charge on any atom is -0.497 e. The average Bonchev–Trinajstić information content (AvgIpc) is 2.60. The van der Waals surface area contributed by atoms with E-state index in [1.54, 1.807) is 55.6 Å². The summed E-state index contributed by atoms with van der Waals surface area (Å²) in [6, 6.07) is 13.0. The van der Waals surface area contributed by atoms with E-state index in [2.05, 4.69) is 10.6 Å². The van der Waals surface area contributed by atoms with Crippen molar-refractivity contribution in [2.75, 3.05) is 12.4 Å². The number of nitrogens with one attached hydrogen (secondary N) is 2. The van der Waals surface area contributed by atoms with E-state index in [-0.39, 0.29) is 17.7 Å². The maximum atomic E-state index is 12.6. The molecule has 5 nitrogen and oxygen atoms in total. The lowest BCUT2D eigenvalue weighted by molar-refractivity contribution is -0.118. The van der Waals surface area contributed by atoms with Crippen molar-refractivity contribution < 1.29 is 14.3 Å². The van der Waals surface area contributed by atoms with Crippen molar-refractivity contribution in [2.24, 2.45) is 5.92 Å². The SMILES string of the molecule is COc1ccc(NC(=O)[C@@H](NC(=O)c2ccccc2Cl)C(C)C)cc1. The molecule has 0 aliphatic rings. The van der Waals surface area contributed by atoms with Crippen molar-refractivity contribution in [1.82, 2.24) is 5.32 Å². The van der Waals surface area contributed by atoms with Crippen molar-refractivity contribution in [3.05, 3.63) is 59.1 Å². The smallest absolute Gasteiger partial charge is 0.253 e. The molecule has 0 bridgehead atoms. The molecule has 0 aromatic heterocycles. The van der Waals surface area contributed by atoms with Gasteiger partial charge in [0.15, 0.2) is 0 Å². The predicted octanol–water partition coefficient (Wildman–Crippen LogP) is 3.74. The molecule has 2 aromatic rings. The Morgan fingerprint density at radius 1 is 1.04 bits per heavy atom. The summed E-state index contributed by atoms with van der Waals surface area (Å²) in [6.45, 7) is 3.73. The van der Waals surface area contributed by atoms with Gasteiger partial charge in [0.05, 0.1) is 17.7 Å². The lowest BCUT2D eigenvalue weighted by Crippen LogP contribution is -2.47. The summed E-state index contributed by atoms with van der Waals surface area (Å²) in [7, 11) is 1.58. The molecule has 0 saturated heterocycles. The van der Waals surface area contributed by atoms with Gasteiger partial charge in [0, 0.05) is 5.69 Å². The van der Waals surface area contributed by atoms with Crippen molar-refractivity contribution in [1.29, 1.82) is 0 Å². The largest absolute Gasteiger partial charge is 0.497 e. The van der Waals surface area contributed by atoms with Crippen molar-refractivity contribution >= 4 is 29.1 Å². The zero-order valence-electron chi connectivity index (χ0n) is 14.4. The molecule has 6 heteroatoms. The molecule has 2 aromatic carbocycles. The second-order valence-electron chi connectivity index (χ2n) is 5.89. The summed E-state index contributed by atoms with van der Waals surface area (Å²) in [6.07, 6.45) is 0. The molecule has 132 valence electrons. The Morgan fingerprint density at radius 3 is 2.24 bits per heavy atom. The Labute approximate surface area is 152 Å². The van der Waals surface area contributed by atoms with Crippen molar-refractivity contribution in [2.45, 2.75) is 19.9 Å². The number of ether oxygens (including phenoxy) is 1. The fourth-order valence-electron chi connectivity index (χ4n) is 2.29. The number of anilines is 1. The van der Waals surface area contributed by atoms with Gasteiger partial charge in [-0.15, -0.1) is 0 Å². The zero-order chi connectivity index (χ0) is 18.4. The lowest BCUT2D eigenvalue weighted by atomic mass is 10.0. The van der Waals surface area contributed by atoms with E-state index in [0.717, 1.165) is 0 Å². The lowest BCUT2D eigenvalue weighted by Gasteiger charge is -2.22. The second kappa shape index (κ2) is 8.53. The first kappa shape index (κ1) is 18.8. The van der Waals surface area contributed by atoms with Crippen LogP contribution in [-0.4, -0.2) is 25.0 Å². The highest BCUT2D eigenvalue weighted by Gasteiger charge is 2.25. The predicted molar refractivity (Wildman–Crippen MR) is 99.2 cm³/mol. The van der Waals surface area contributed by atoms with E-state index in [4.69, 9.17) is 16.3 Å². The summed E-state index contributed by atoms with van der Waals surface area (Å²) < 4.78 is 5.09. The van der Waals surface area contributed by atoms with E-state index in [9.17, 15) is 9.59 Å². The fraction of sp³-hybridized carbons (Fsp3) is 0.263. The maximum Gasteiger partial charge on any atom is 0.253 e. The Morgan fingerprint density at radius 2 is 1.68 bits per heavy atom. The first-order chi connectivity index (χ1) is 11.9. The van der Waals surface area contributed by atoms with Crippen LogP contribution in [0.3, 0.4) is 0 Å². The van der Waals surface area contributed by atoms with Gasteiger partial charge in [-0.3, -0.25) is 9.59 Å². The number of benzene rings is 2. The molecule has 0 radical (unpaired) electrons. The summed E-state index contributed by atoms with van der Waals surface area (Å²) in [4.78, 5) is 25.0. The molecular formula is C19H21ClN2O3. The summed E-state index contributed by atoms with van der Waals surface area (Å²) >= 11 is 6.05. The van der Waals surface area contributed by atoms with E-state index in [1.165, 1.54) is 0 Å². The number of hydrogen-bond acceptors (Lipinski definition) is 3. The topological polar surface area (TPSA) is 67.4 Å². The maximum absolute atomic E-state index is 12.6. The highest BCUT2D eigenvalue weighted by Crippen LogP contribution is 2.18. The van der Waals surface area contributed by atoms with Crippen LogP contribution in [0.4, 0.5) is 5.69 Å². The third-order valence-corrected chi connectivity index (χ3v) is 4.04. The number of carbonyl (C=O) groups excluding carboxylic acids is 2. The van der Waals surface area contributed by atoms with E-state index in [1.807, 2.05) is 13.8 Å². The molecule has 1 atom stereocenters. The van der Waals surface area contributed by atoms with Crippen LogP contribution in [-0.2, 0) is 4.79 Å². The Kier molecular flexibility index (Phi) is 6.42. The van der Waals surface area contributed by atoms with Crippen molar-refractivity contribution in [3.8, 4) is 5.75 Å². The molecule has 0 unspecified atom stereocenters. The molecule has 0 saturated carbocycles. The van der Waals surface area contributed by atoms with Crippen LogP contribution in [0.15, 0.2) is 48.5 Å². The van der Waals surface area contributed by atoms with Crippen LogP contribution >= 0.6 is 11.6 Å². The van der Waals surface area contributed by atoms with Crippen molar-refractivity contribution in [3.63, 3.8) is 0 Å². The number of methoxy groups -OCH3 is 1. The van der Waals surface area contributed by atoms with Gasteiger partial charge in [-0.25, -0.2) is 0 Å². The van der Waals surface area contributed by atoms with Crippen LogP contribution in [0.25, 0.3) is 0 Å². The monoisotopic (exact) mass is 360 g/mol. The summed E-state index contributed by atoms with van der Waals surface area (Å²) in [5.41, 5.74) is 0.968. The fourth-order valence-corrected chi connectivity index (χ4v) is 2.52. The standard InChI is InChI=1S/C19H21ClN2O3/c1-12(2)17(22-18(23)15-6-4-5-7-16(15)20)19(24)21-13-8-10-14(25-3)11-9-13/h4-12,17H,1-3H3,(H,21,24)(H,22,23)/t17-/m0/s1. The minimum absolute atomic E-state index is 0.0929. The number of rotatable bonds is 6. The third-order valence-electron chi connectivity index (χ3n) is 3.71. The summed E-state index contributed by atoms with van der Waals surface area (Å²) in [5, 5.41) is 5.91. The molecule has 2 N–H and O–H groups in total. The van der Waals surface area contributed by atoms with Crippen LogP contribution in [0, 0.1) is 5.92 Å². The normalized spacial score (nSPS) is 11.7. The van der Waals surface area contributed by atoms with Gasteiger partial charge in [-0.2, -0.15) is 0 Å². The van der Waals surface area contributed by atoms with Gasteiger partial charge in [0.1, 0.15) is 11.8 Å². The molecule has 0 fully saturated rings. The first-order valence-corrected chi connectivity index (χ1v) is 8.30. The molecule has 0 spiro atoms. The molecular weight excluding hydrogens is 340 g/mol. The Hall–Kier alpha value is -2.53. The molecule has 25 heavy (non-hydrogen) atoms. The Balaban J connectivity index is 2.10. The minimum atomic E-state index is -0.689. The first-order valence-electron chi connectivity index (χ1n) is 7.92. The van der Waals surface area contributed by atoms with Crippen LogP contribution in [0.5, 0.6) is 5.75 Å². The number of hydrogen-bond donors (Lipinski definition) is 2. The van der Waals surface area contributed by atoms with Gasteiger partial charge < -0.3 is 15.4 Å².